The molecular formula is C14H16N2O3. The molecule has 1 heterocycles. The van der Waals surface area contributed by atoms with E-state index in [1.54, 1.807) is 12.1 Å². The lowest BCUT2D eigenvalue weighted by Gasteiger charge is -2.29. The van der Waals surface area contributed by atoms with Crippen molar-refractivity contribution in [1.29, 1.82) is 5.26 Å². The number of amides is 1. The minimum Gasteiger partial charge on any atom is -0.465 e. The fourth-order valence-electron chi connectivity index (χ4n) is 2.10. The van der Waals surface area contributed by atoms with Crippen LogP contribution in [0.15, 0.2) is 24.3 Å². The molecular weight excluding hydrogens is 244 g/mol. The number of carboxylic acid groups (broad SMARTS) is 1. The van der Waals surface area contributed by atoms with Gasteiger partial charge >= 0.3 is 6.09 Å². The molecule has 1 fully saturated rings. The van der Waals surface area contributed by atoms with Gasteiger partial charge in [-0.3, -0.25) is 0 Å². The zero-order chi connectivity index (χ0) is 13.7. The number of nitriles is 1. The lowest BCUT2D eigenvalue weighted by Crippen LogP contribution is -2.40. The van der Waals surface area contributed by atoms with E-state index in [4.69, 9.17) is 15.1 Å². The van der Waals surface area contributed by atoms with Crippen LogP contribution in [-0.2, 0) is 11.3 Å². The molecule has 5 heteroatoms. The summed E-state index contributed by atoms with van der Waals surface area (Å²) in [5.41, 5.74) is 1.66. The standard InChI is InChI=1S/C14H16N2O3/c15-9-11-1-3-12(4-2-11)10-19-13-5-7-16(8-6-13)14(17)18/h1-4,13H,5-8,10H2,(H,17,18). The van der Waals surface area contributed by atoms with Crippen LogP contribution in [0.5, 0.6) is 0 Å². The number of benzene rings is 1. The van der Waals surface area contributed by atoms with E-state index in [1.165, 1.54) is 4.90 Å². The van der Waals surface area contributed by atoms with Gasteiger partial charge in [0, 0.05) is 13.1 Å². The summed E-state index contributed by atoms with van der Waals surface area (Å²) in [6, 6.07) is 9.37. The Morgan fingerprint density at radius 3 is 2.53 bits per heavy atom. The number of ether oxygens (including phenoxy) is 1. The molecule has 19 heavy (non-hydrogen) atoms. The van der Waals surface area contributed by atoms with Crippen molar-refractivity contribution in [2.24, 2.45) is 0 Å². The van der Waals surface area contributed by atoms with Gasteiger partial charge in [0.25, 0.3) is 0 Å². The van der Waals surface area contributed by atoms with E-state index >= 15 is 0 Å². The van der Waals surface area contributed by atoms with Crippen LogP contribution in [0.4, 0.5) is 4.79 Å². The summed E-state index contributed by atoms with van der Waals surface area (Å²) in [6.45, 7) is 1.57. The van der Waals surface area contributed by atoms with Gasteiger partial charge in [0.2, 0.25) is 0 Å². The maximum atomic E-state index is 10.8. The molecule has 0 unspecified atom stereocenters. The molecule has 1 aromatic rings. The highest BCUT2D eigenvalue weighted by Gasteiger charge is 2.22. The van der Waals surface area contributed by atoms with Crippen LogP contribution in [0.25, 0.3) is 0 Å². The van der Waals surface area contributed by atoms with Crippen molar-refractivity contribution in [2.75, 3.05) is 13.1 Å². The Bertz CT molecular complexity index is 470. The van der Waals surface area contributed by atoms with Crippen LogP contribution < -0.4 is 0 Å². The van der Waals surface area contributed by atoms with E-state index in [2.05, 4.69) is 6.07 Å². The van der Waals surface area contributed by atoms with Gasteiger partial charge in [-0.1, -0.05) is 12.1 Å². The van der Waals surface area contributed by atoms with E-state index in [1.807, 2.05) is 12.1 Å². The third kappa shape index (κ3) is 3.70. The SMILES string of the molecule is N#Cc1ccc(COC2CCN(C(=O)O)CC2)cc1. The first kappa shape index (κ1) is 13.4. The molecule has 1 saturated heterocycles. The molecule has 5 nitrogen and oxygen atoms in total. The van der Waals surface area contributed by atoms with Gasteiger partial charge in [-0.15, -0.1) is 0 Å². The first-order valence-electron chi connectivity index (χ1n) is 6.27. The number of hydrogen-bond donors (Lipinski definition) is 1. The largest absolute Gasteiger partial charge is 0.465 e. The molecule has 1 N–H and O–H groups in total. The number of likely N-dealkylation sites (tertiary alicyclic amines) is 1. The average Bonchev–Trinajstić information content (AvgIpc) is 2.46. The summed E-state index contributed by atoms with van der Waals surface area (Å²) in [6.07, 6.45) is 0.738. The van der Waals surface area contributed by atoms with Gasteiger partial charge in [0.05, 0.1) is 24.3 Å². The zero-order valence-electron chi connectivity index (χ0n) is 10.6. The Balaban J connectivity index is 1.77. The summed E-state index contributed by atoms with van der Waals surface area (Å²) >= 11 is 0. The molecule has 0 bridgehead atoms. The number of rotatable bonds is 3. The number of nitrogens with zero attached hydrogens (tertiary/aromatic N) is 2. The normalized spacial score (nSPS) is 16.1. The minimum absolute atomic E-state index is 0.117. The highest BCUT2D eigenvalue weighted by molar-refractivity contribution is 5.64. The van der Waals surface area contributed by atoms with Crippen molar-refractivity contribution in [2.45, 2.75) is 25.6 Å². The maximum Gasteiger partial charge on any atom is 0.407 e. The number of piperidine rings is 1. The predicted octanol–water partition coefficient (Wildman–Crippen LogP) is 2.22. The molecule has 1 aliphatic heterocycles. The van der Waals surface area contributed by atoms with Crippen LogP contribution in [0.3, 0.4) is 0 Å². The molecule has 0 radical (unpaired) electrons. The van der Waals surface area contributed by atoms with Gasteiger partial charge in [-0.2, -0.15) is 5.26 Å². The monoisotopic (exact) mass is 260 g/mol. The van der Waals surface area contributed by atoms with Crippen molar-refractivity contribution in [1.82, 2.24) is 4.90 Å². The van der Waals surface area contributed by atoms with Gasteiger partial charge in [0.15, 0.2) is 0 Å². The number of hydrogen-bond acceptors (Lipinski definition) is 3. The second kappa shape index (κ2) is 6.21. The average molecular weight is 260 g/mol. The van der Waals surface area contributed by atoms with E-state index in [-0.39, 0.29) is 6.10 Å². The Kier molecular flexibility index (Phi) is 4.37. The van der Waals surface area contributed by atoms with Gasteiger partial charge in [-0.05, 0) is 30.5 Å². The molecule has 100 valence electrons. The Hall–Kier alpha value is -2.06. The van der Waals surface area contributed by atoms with Crippen LogP contribution in [-0.4, -0.2) is 35.3 Å². The van der Waals surface area contributed by atoms with Crippen molar-refractivity contribution in [3.8, 4) is 6.07 Å². The van der Waals surface area contributed by atoms with Crippen LogP contribution >= 0.6 is 0 Å². The molecule has 1 aromatic carbocycles. The lowest BCUT2D eigenvalue weighted by atomic mass is 10.1. The second-order valence-electron chi connectivity index (χ2n) is 4.59. The third-order valence-corrected chi connectivity index (χ3v) is 3.28. The molecule has 1 amide bonds. The third-order valence-electron chi connectivity index (χ3n) is 3.28. The molecule has 1 aliphatic rings. The summed E-state index contributed by atoms with van der Waals surface area (Å²) in [5.74, 6) is 0. The van der Waals surface area contributed by atoms with E-state index in [9.17, 15) is 4.79 Å². The zero-order valence-corrected chi connectivity index (χ0v) is 10.6. The second-order valence-corrected chi connectivity index (χ2v) is 4.59. The first-order valence-corrected chi connectivity index (χ1v) is 6.27. The van der Waals surface area contributed by atoms with E-state index in [0.29, 0.717) is 25.3 Å². The molecule has 2 rings (SSSR count). The molecule has 0 atom stereocenters. The van der Waals surface area contributed by atoms with Crippen molar-refractivity contribution in [3.63, 3.8) is 0 Å². The van der Waals surface area contributed by atoms with Crippen molar-refractivity contribution >= 4 is 6.09 Å². The minimum atomic E-state index is -0.856. The maximum absolute atomic E-state index is 10.8. The van der Waals surface area contributed by atoms with Crippen LogP contribution in [0.1, 0.15) is 24.0 Å². The summed E-state index contributed by atoms with van der Waals surface area (Å²) in [7, 11) is 0. The highest BCUT2D eigenvalue weighted by Crippen LogP contribution is 2.16. The Morgan fingerprint density at radius 2 is 2.00 bits per heavy atom. The fraction of sp³-hybridized carbons (Fsp3) is 0.429. The topological polar surface area (TPSA) is 73.6 Å². The van der Waals surface area contributed by atoms with E-state index < -0.39 is 6.09 Å². The molecule has 0 aromatic heterocycles. The van der Waals surface area contributed by atoms with E-state index in [0.717, 1.165) is 18.4 Å². The Labute approximate surface area is 112 Å². The molecule has 0 saturated carbocycles. The first-order chi connectivity index (χ1) is 9.19. The highest BCUT2D eigenvalue weighted by atomic mass is 16.5. The van der Waals surface area contributed by atoms with Crippen molar-refractivity contribution in [3.05, 3.63) is 35.4 Å². The van der Waals surface area contributed by atoms with Crippen LogP contribution in [0.2, 0.25) is 0 Å². The Morgan fingerprint density at radius 1 is 1.37 bits per heavy atom. The fourth-order valence-corrected chi connectivity index (χ4v) is 2.10. The quantitative estimate of drug-likeness (QED) is 0.904. The smallest absolute Gasteiger partial charge is 0.407 e. The van der Waals surface area contributed by atoms with Gasteiger partial charge < -0.3 is 14.7 Å². The summed E-state index contributed by atoms with van der Waals surface area (Å²) in [5, 5.41) is 17.5. The number of carbonyl (C=O) groups is 1. The summed E-state index contributed by atoms with van der Waals surface area (Å²) in [4.78, 5) is 12.2. The van der Waals surface area contributed by atoms with Gasteiger partial charge in [-0.25, -0.2) is 4.79 Å². The predicted molar refractivity (Wildman–Crippen MR) is 68.6 cm³/mol. The van der Waals surface area contributed by atoms with Crippen molar-refractivity contribution < 1.29 is 14.6 Å². The van der Waals surface area contributed by atoms with Crippen LogP contribution in [0, 0.1) is 11.3 Å². The van der Waals surface area contributed by atoms with Gasteiger partial charge in [0.1, 0.15) is 0 Å². The molecule has 0 spiro atoms. The lowest BCUT2D eigenvalue weighted by molar-refractivity contribution is 0.000370. The molecule has 0 aliphatic carbocycles. The summed E-state index contributed by atoms with van der Waals surface area (Å²) < 4.78 is 5.77.